The molecule has 3 aromatic carbocycles. The second-order valence-corrected chi connectivity index (χ2v) is 8.60. The van der Waals surface area contributed by atoms with Gasteiger partial charge in [-0.2, -0.15) is 0 Å². The van der Waals surface area contributed by atoms with Crippen LogP contribution in [-0.4, -0.2) is 16.0 Å². The zero-order valence-corrected chi connectivity index (χ0v) is 17.4. The van der Waals surface area contributed by atoms with Crippen molar-refractivity contribution < 1.29 is 23.1 Å². The molecule has 2 aromatic heterocycles. The third kappa shape index (κ3) is 2.93. The Balaban J connectivity index is 1.65. The molecule has 1 amide bonds. The van der Waals surface area contributed by atoms with Gasteiger partial charge >= 0.3 is 0 Å². The molecule has 0 fully saturated rings. The summed E-state index contributed by atoms with van der Waals surface area (Å²) >= 11 is 1.09. The molecule has 0 bridgehead atoms. The van der Waals surface area contributed by atoms with Gasteiger partial charge < -0.3 is 9.52 Å². The Morgan fingerprint density at radius 1 is 1.00 bits per heavy atom. The van der Waals surface area contributed by atoms with E-state index in [1.165, 1.54) is 41.3 Å². The molecule has 1 unspecified atom stereocenters. The lowest BCUT2D eigenvalue weighted by molar-refractivity contribution is 0.0971. The largest absolute Gasteiger partial charge is 0.508 e. The molecule has 1 aliphatic rings. The lowest BCUT2D eigenvalue weighted by Crippen LogP contribution is -2.29. The number of amides is 1. The van der Waals surface area contributed by atoms with Crippen LogP contribution in [0.25, 0.3) is 21.2 Å². The summed E-state index contributed by atoms with van der Waals surface area (Å²) in [5, 5.41) is 10.3. The van der Waals surface area contributed by atoms with Crippen molar-refractivity contribution in [2.45, 2.75) is 6.04 Å². The van der Waals surface area contributed by atoms with Gasteiger partial charge in [0.2, 0.25) is 5.76 Å². The summed E-state index contributed by atoms with van der Waals surface area (Å²) in [6.45, 7) is 0. The summed E-state index contributed by atoms with van der Waals surface area (Å²) in [6.07, 6.45) is 0. The van der Waals surface area contributed by atoms with Crippen LogP contribution in [0.5, 0.6) is 5.75 Å². The number of hydrogen-bond acceptors (Lipinski definition) is 6. The minimum atomic E-state index is -0.978. The summed E-state index contributed by atoms with van der Waals surface area (Å²) in [5.41, 5.74) is 0.476. The van der Waals surface area contributed by atoms with Gasteiger partial charge in [-0.15, -0.1) is 0 Å². The van der Waals surface area contributed by atoms with Gasteiger partial charge in [-0.05, 0) is 54.1 Å². The Bertz CT molecular complexity index is 1680. The van der Waals surface area contributed by atoms with Crippen LogP contribution in [0.4, 0.5) is 13.9 Å². The zero-order valence-electron chi connectivity index (χ0n) is 16.6. The number of halogens is 2. The molecular weight excluding hydrogens is 450 g/mol. The highest BCUT2D eigenvalue weighted by Gasteiger charge is 2.45. The fraction of sp³-hybridized carbons (Fsp3) is 0.0417. The lowest BCUT2D eigenvalue weighted by Gasteiger charge is -2.22. The third-order valence-electron chi connectivity index (χ3n) is 5.56. The predicted octanol–water partition coefficient (Wildman–Crippen LogP) is 5.14. The van der Waals surface area contributed by atoms with Gasteiger partial charge in [0.15, 0.2) is 10.6 Å². The van der Waals surface area contributed by atoms with Crippen molar-refractivity contribution in [2.24, 2.45) is 0 Å². The monoisotopic (exact) mass is 462 g/mol. The molecule has 6 rings (SSSR count). The van der Waals surface area contributed by atoms with Crippen molar-refractivity contribution in [3.8, 4) is 5.75 Å². The lowest BCUT2D eigenvalue weighted by atomic mass is 9.98. The SMILES string of the molecule is O=C1c2oc3ccc(F)cc3c(=O)c2C(c2cccc(O)c2)N1c1nc2ccc(F)cc2s1. The van der Waals surface area contributed by atoms with E-state index >= 15 is 0 Å². The van der Waals surface area contributed by atoms with Crippen LogP contribution in [0.15, 0.2) is 69.9 Å². The number of anilines is 1. The van der Waals surface area contributed by atoms with E-state index in [9.17, 15) is 23.5 Å². The van der Waals surface area contributed by atoms with E-state index in [-0.39, 0.29) is 33.2 Å². The van der Waals surface area contributed by atoms with Crippen molar-refractivity contribution in [1.82, 2.24) is 4.98 Å². The number of fused-ring (bicyclic) bond motifs is 3. The maximum Gasteiger partial charge on any atom is 0.297 e. The molecule has 6 nitrogen and oxygen atoms in total. The Hall–Kier alpha value is -4.11. The van der Waals surface area contributed by atoms with Crippen LogP contribution in [0, 0.1) is 11.6 Å². The molecule has 9 heteroatoms. The maximum atomic E-state index is 13.9. The van der Waals surface area contributed by atoms with Gasteiger partial charge in [0, 0.05) is 0 Å². The van der Waals surface area contributed by atoms with Crippen LogP contribution in [0.2, 0.25) is 0 Å². The molecule has 0 saturated heterocycles. The van der Waals surface area contributed by atoms with Gasteiger partial charge in [-0.25, -0.2) is 13.8 Å². The summed E-state index contributed by atoms with van der Waals surface area (Å²) in [5.74, 6) is -1.91. The molecule has 0 spiro atoms. The third-order valence-corrected chi connectivity index (χ3v) is 6.58. The number of carbonyl (C=O) groups excluding carboxylic acids is 1. The quantitative estimate of drug-likeness (QED) is 0.393. The normalized spacial score (nSPS) is 15.5. The first-order valence-electron chi connectivity index (χ1n) is 9.85. The van der Waals surface area contributed by atoms with Crippen molar-refractivity contribution in [2.75, 3.05) is 4.90 Å². The first-order valence-corrected chi connectivity index (χ1v) is 10.7. The van der Waals surface area contributed by atoms with Crippen LogP contribution in [-0.2, 0) is 0 Å². The van der Waals surface area contributed by atoms with Gasteiger partial charge in [0.1, 0.15) is 23.0 Å². The molecule has 1 N–H and O–H groups in total. The van der Waals surface area contributed by atoms with Gasteiger partial charge in [-0.1, -0.05) is 23.5 Å². The number of thiazole rings is 1. The van der Waals surface area contributed by atoms with E-state index in [0.717, 1.165) is 23.5 Å². The molecule has 1 atom stereocenters. The second kappa shape index (κ2) is 6.94. The molecule has 0 radical (unpaired) electrons. The van der Waals surface area contributed by atoms with E-state index in [0.29, 0.717) is 15.8 Å². The van der Waals surface area contributed by atoms with Crippen LogP contribution in [0.3, 0.4) is 0 Å². The minimum absolute atomic E-state index is 0.0000703. The minimum Gasteiger partial charge on any atom is -0.508 e. The van der Waals surface area contributed by atoms with Gasteiger partial charge in [-0.3, -0.25) is 14.5 Å². The fourth-order valence-electron chi connectivity index (χ4n) is 4.14. The molecule has 0 saturated carbocycles. The highest BCUT2D eigenvalue weighted by molar-refractivity contribution is 7.22. The summed E-state index contributed by atoms with van der Waals surface area (Å²) in [7, 11) is 0. The highest BCUT2D eigenvalue weighted by atomic mass is 32.1. The fourth-order valence-corrected chi connectivity index (χ4v) is 5.16. The number of hydrogen-bond donors (Lipinski definition) is 1. The molecule has 162 valence electrons. The second-order valence-electron chi connectivity index (χ2n) is 7.60. The zero-order chi connectivity index (χ0) is 22.9. The van der Waals surface area contributed by atoms with Gasteiger partial charge in [0.05, 0.1) is 27.2 Å². The van der Waals surface area contributed by atoms with E-state index in [1.807, 2.05) is 0 Å². The summed E-state index contributed by atoms with van der Waals surface area (Å²) in [4.78, 5) is 32.7. The van der Waals surface area contributed by atoms with E-state index in [4.69, 9.17) is 4.42 Å². The number of aromatic nitrogens is 1. The van der Waals surface area contributed by atoms with Crippen molar-refractivity contribution in [1.29, 1.82) is 0 Å². The number of nitrogens with zero attached hydrogens (tertiary/aromatic N) is 2. The number of phenolic OH excluding ortho intramolecular Hbond substituents is 1. The van der Waals surface area contributed by atoms with Crippen LogP contribution >= 0.6 is 11.3 Å². The predicted molar refractivity (Wildman–Crippen MR) is 119 cm³/mol. The smallest absolute Gasteiger partial charge is 0.297 e. The standard InChI is InChI=1S/C24H12F2N2O4S/c25-12-5-7-17-15(9-12)21(30)19-20(11-2-1-3-14(29)8-11)28(23(31)22(19)32-17)24-27-16-6-4-13(26)10-18(16)33-24/h1-10,20,29H. The van der Waals surface area contributed by atoms with E-state index < -0.39 is 29.0 Å². The Labute approximate surface area is 188 Å². The average molecular weight is 462 g/mol. The Kier molecular flexibility index (Phi) is 4.12. The number of rotatable bonds is 2. The Morgan fingerprint density at radius 2 is 1.79 bits per heavy atom. The molecule has 3 heterocycles. The molecular formula is C24H12F2N2O4S. The highest BCUT2D eigenvalue weighted by Crippen LogP contribution is 2.44. The topological polar surface area (TPSA) is 83.6 Å². The number of aromatic hydroxyl groups is 1. The van der Waals surface area contributed by atoms with Crippen molar-refractivity contribution in [3.63, 3.8) is 0 Å². The van der Waals surface area contributed by atoms with Gasteiger partial charge in [0.25, 0.3) is 5.91 Å². The molecule has 5 aromatic rings. The van der Waals surface area contributed by atoms with Crippen molar-refractivity contribution in [3.05, 3.63) is 99.4 Å². The number of benzene rings is 3. The van der Waals surface area contributed by atoms with E-state index in [1.54, 1.807) is 12.1 Å². The Morgan fingerprint density at radius 3 is 2.61 bits per heavy atom. The molecule has 1 aliphatic heterocycles. The maximum absolute atomic E-state index is 13.9. The number of carbonyl (C=O) groups is 1. The average Bonchev–Trinajstić information content (AvgIpc) is 3.32. The van der Waals surface area contributed by atoms with Crippen LogP contribution < -0.4 is 10.3 Å². The van der Waals surface area contributed by atoms with Crippen molar-refractivity contribution >= 4 is 43.6 Å². The van der Waals surface area contributed by atoms with Crippen LogP contribution in [0.1, 0.15) is 27.7 Å². The summed E-state index contributed by atoms with van der Waals surface area (Å²) in [6, 6.07) is 12.7. The number of phenols is 1. The summed E-state index contributed by atoms with van der Waals surface area (Å²) < 4.78 is 33.9. The first kappa shape index (κ1) is 19.6. The first-order chi connectivity index (χ1) is 15.9. The molecule has 0 aliphatic carbocycles. The molecule has 33 heavy (non-hydrogen) atoms. The van der Waals surface area contributed by atoms with E-state index in [2.05, 4.69) is 4.98 Å².